The van der Waals surface area contributed by atoms with Crippen LogP contribution in [0.4, 0.5) is 0 Å². The van der Waals surface area contributed by atoms with Crippen molar-refractivity contribution in [3.63, 3.8) is 0 Å². The van der Waals surface area contributed by atoms with Crippen molar-refractivity contribution < 1.29 is 29.4 Å². The summed E-state index contributed by atoms with van der Waals surface area (Å²) in [5, 5.41) is 20.2. The van der Waals surface area contributed by atoms with Gasteiger partial charge in [0.2, 0.25) is 11.8 Å². The summed E-state index contributed by atoms with van der Waals surface area (Å²) in [6.45, 7) is 3.63. The van der Waals surface area contributed by atoms with E-state index in [0.717, 1.165) is 0 Å². The highest BCUT2D eigenvalue weighted by Crippen LogP contribution is 2.19. The lowest BCUT2D eigenvalue weighted by molar-refractivity contribution is -0.146. The Hall–Kier alpha value is -2.16. The number of aliphatic carboxylic acids is 2. The number of nitrogens with two attached hydrogens (primary N) is 1. The first-order valence-corrected chi connectivity index (χ1v) is 7.46. The van der Waals surface area contributed by atoms with E-state index >= 15 is 0 Å². The minimum absolute atomic E-state index is 0.295. The molecular formula is C14H23N3O6. The third kappa shape index (κ3) is 4.92. The van der Waals surface area contributed by atoms with Gasteiger partial charge in [-0.3, -0.25) is 14.4 Å². The molecule has 0 radical (unpaired) electrons. The van der Waals surface area contributed by atoms with Crippen LogP contribution in [0.1, 0.15) is 33.1 Å². The maximum absolute atomic E-state index is 12.3. The van der Waals surface area contributed by atoms with Gasteiger partial charge in [-0.1, -0.05) is 13.8 Å². The van der Waals surface area contributed by atoms with E-state index in [0.29, 0.717) is 19.4 Å². The van der Waals surface area contributed by atoms with E-state index in [1.54, 1.807) is 13.8 Å². The summed E-state index contributed by atoms with van der Waals surface area (Å²) in [7, 11) is 0. The first-order chi connectivity index (χ1) is 10.6. The lowest BCUT2D eigenvalue weighted by atomic mass is 10.0. The Bertz CT molecular complexity index is 493. The second-order valence-electron chi connectivity index (χ2n) is 5.96. The summed E-state index contributed by atoms with van der Waals surface area (Å²) in [4.78, 5) is 47.5. The fourth-order valence-electron chi connectivity index (χ4n) is 2.55. The van der Waals surface area contributed by atoms with Crippen molar-refractivity contribution in [3.8, 4) is 0 Å². The monoisotopic (exact) mass is 329 g/mol. The molecule has 130 valence electrons. The Labute approximate surface area is 133 Å². The van der Waals surface area contributed by atoms with Crippen LogP contribution in [0.2, 0.25) is 0 Å². The number of carboxylic acids is 2. The number of hydrogen-bond donors (Lipinski definition) is 4. The Morgan fingerprint density at radius 1 is 1.26 bits per heavy atom. The highest BCUT2D eigenvalue weighted by atomic mass is 16.4. The van der Waals surface area contributed by atoms with Crippen molar-refractivity contribution >= 4 is 23.8 Å². The number of carboxylic acid groups (broad SMARTS) is 2. The summed E-state index contributed by atoms with van der Waals surface area (Å²) in [6.07, 6.45) is 0.443. The van der Waals surface area contributed by atoms with Crippen molar-refractivity contribution in [3.05, 3.63) is 0 Å². The lowest BCUT2D eigenvalue weighted by Gasteiger charge is -2.28. The number of rotatable bonds is 7. The summed E-state index contributed by atoms with van der Waals surface area (Å²) in [5.41, 5.74) is 5.56. The quantitative estimate of drug-likeness (QED) is 0.468. The van der Waals surface area contributed by atoms with Crippen LogP contribution in [-0.4, -0.2) is 63.5 Å². The number of nitrogens with one attached hydrogen (secondary N) is 1. The Morgan fingerprint density at radius 3 is 2.35 bits per heavy atom. The molecule has 9 heteroatoms. The molecule has 1 aliphatic heterocycles. The zero-order valence-corrected chi connectivity index (χ0v) is 13.2. The number of carbonyl (C=O) groups is 4. The van der Waals surface area contributed by atoms with Crippen molar-refractivity contribution in [2.24, 2.45) is 11.7 Å². The minimum atomic E-state index is -1.22. The van der Waals surface area contributed by atoms with Gasteiger partial charge in [0, 0.05) is 6.54 Å². The molecule has 0 aromatic carbocycles. The molecule has 1 aliphatic rings. The zero-order chi connectivity index (χ0) is 17.7. The molecule has 1 saturated heterocycles. The van der Waals surface area contributed by atoms with Crippen LogP contribution < -0.4 is 11.1 Å². The second-order valence-corrected chi connectivity index (χ2v) is 5.96. The molecule has 0 aromatic heterocycles. The summed E-state index contributed by atoms with van der Waals surface area (Å²) in [5.74, 6) is -3.82. The molecular weight excluding hydrogens is 306 g/mol. The van der Waals surface area contributed by atoms with Crippen LogP contribution in [0.3, 0.4) is 0 Å². The Morgan fingerprint density at radius 2 is 1.87 bits per heavy atom. The molecule has 1 heterocycles. The van der Waals surface area contributed by atoms with E-state index in [2.05, 4.69) is 5.32 Å². The van der Waals surface area contributed by atoms with Gasteiger partial charge in [-0.05, 0) is 18.8 Å². The van der Waals surface area contributed by atoms with Gasteiger partial charge in [0.1, 0.15) is 12.1 Å². The maximum atomic E-state index is 12.3. The van der Waals surface area contributed by atoms with Crippen molar-refractivity contribution in [1.29, 1.82) is 0 Å². The summed E-state index contributed by atoms with van der Waals surface area (Å²) in [6, 6.07) is -3.09. The predicted molar refractivity (Wildman–Crippen MR) is 79.4 cm³/mol. The van der Waals surface area contributed by atoms with Crippen LogP contribution in [-0.2, 0) is 19.2 Å². The Kier molecular flexibility index (Phi) is 6.49. The lowest BCUT2D eigenvalue weighted by Crippen LogP contribution is -2.55. The van der Waals surface area contributed by atoms with E-state index in [4.69, 9.17) is 15.9 Å². The predicted octanol–water partition coefficient (Wildman–Crippen LogP) is -0.995. The molecule has 2 amide bonds. The first kappa shape index (κ1) is 18.9. The third-order valence-electron chi connectivity index (χ3n) is 3.78. The van der Waals surface area contributed by atoms with Crippen molar-refractivity contribution in [2.45, 2.75) is 51.2 Å². The summed E-state index contributed by atoms with van der Waals surface area (Å²) < 4.78 is 0. The van der Waals surface area contributed by atoms with Gasteiger partial charge in [0.15, 0.2) is 0 Å². The van der Waals surface area contributed by atoms with Gasteiger partial charge in [0.25, 0.3) is 0 Å². The van der Waals surface area contributed by atoms with Gasteiger partial charge in [0.05, 0.1) is 12.5 Å². The number of likely N-dealkylation sites (tertiary alicyclic amines) is 1. The molecule has 0 aromatic rings. The summed E-state index contributed by atoms with van der Waals surface area (Å²) >= 11 is 0. The second kappa shape index (κ2) is 7.91. The minimum Gasteiger partial charge on any atom is -0.481 e. The average molecular weight is 329 g/mol. The van der Waals surface area contributed by atoms with Crippen molar-refractivity contribution in [1.82, 2.24) is 10.2 Å². The van der Waals surface area contributed by atoms with E-state index in [-0.39, 0.29) is 5.92 Å². The molecule has 0 spiro atoms. The topological polar surface area (TPSA) is 150 Å². The molecule has 0 bridgehead atoms. The molecule has 1 fully saturated rings. The molecule has 1 rings (SSSR count). The number of carbonyl (C=O) groups excluding carboxylic acids is 2. The van der Waals surface area contributed by atoms with E-state index < -0.39 is 48.3 Å². The van der Waals surface area contributed by atoms with Crippen LogP contribution in [0.25, 0.3) is 0 Å². The highest BCUT2D eigenvalue weighted by Gasteiger charge is 2.38. The molecule has 5 N–H and O–H groups in total. The fourth-order valence-corrected chi connectivity index (χ4v) is 2.55. The molecule has 23 heavy (non-hydrogen) atoms. The fraction of sp³-hybridized carbons (Fsp3) is 0.714. The number of hydrogen-bond acceptors (Lipinski definition) is 5. The number of amides is 2. The van der Waals surface area contributed by atoms with Gasteiger partial charge >= 0.3 is 11.9 Å². The third-order valence-corrected chi connectivity index (χ3v) is 3.78. The Balaban J connectivity index is 2.77. The first-order valence-electron chi connectivity index (χ1n) is 7.46. The van der Waals surface area contributed by atoms with Gasteiger partial charge < -0.3 is 26.2 Å². The van der Waals surface area contributed by atoms with E-state index in [9.17, 15) is 19.2 Å². The maximum Gasteiger partial charge on any atom is 0.326 e. The van der Waals surface area contributed by atoms with Crippen LogP contribution in [0.15, 0.2) is 0 Å². The van der Waals surface area contributed by atoms with Crippen molar-refractivity contribution in [2.75, 3.05) is 6.54 Å². The average Bonchev–Trinajstić information content (AvgIpc) is 2.91. The molecule has 0 saturated carbocycles. The smallest absolute Gasteiger partial charge is 0.326 e. The normalized spacial score (nSPS) is 20.2. The van der Waals surface area contributed by atoms with E-state index in [1.165, 1.54) is 4.90 Å². The standard InChI is InChI=1S/C14H23N3O6/c1-7(2)11(14(22)23)16-12(20)9-4-3-5-17(9)13(21)8(15)6-10(18)19/h7-9,11H,3-6,15H2,1-2H3,(H,16,20)(H,18,19)(H,22,23). The number of nitrogens with zero attached hydrogens (tertiary/aromatic N) is 1. The molecule has 0 aliphatic carbocycles. The molecule has 9 nitrogen and oxygen atoms in total. The van der Waals surface area contributed by atoms with E-state index in [1.807, 2.05) is 0 Å². The van der Waals surface area contributed by atoms with Crippen LogP contribution in [0.5, 0.6) is 0 Å². The van der Waals surface area contributed by atoms with Crippen LogP contribution >= 0.6 is 0 Å². The van der Waals surface area contributed by atoms with Crippen LogP contribution in [0, 0.1) is 5.92 Å². The molecule has 3 atom stereocenters. The van der Waals surface area contributed by atoms with Gasteiger partial charge in [-0.2, -0.15) is 0 Å². The highest BCUT2D eigenvalue weighted by molar-refractivity contribution is 5.93. The van der Waals surface area contributed by atoms with Gasteiger partial charge in [-0.15, -0.1) is 0 Å². The largest absolute Gasteiger partial charge is 0.481 e. The SMILES string of the molecule is CC(C)C(NC(=O)C1CCCN1C(=O)C(N)CC(=O)O)C(=O)O. The zero-order valence-electron chi connectivity index (χ0n) is 13.2. The molecule has 3 unspecified atom stereocenters. The van der Waals surface area contributed by atoms with Gasteiger partial charge in [-0.25, -0.2) is 4.79 Å².